The molecule has 1 nitrogen and oxygen atoms in total. The summed E-state index contributed by atoms with van der Waals surface area (Å²) >= 11 is 0. The molecule has 4 aliphatic carbocycles. The minimum Gasteiger partial charge on any atom is -0.309 e. The predicted molar refractivity (Wildman–Crippen MR) is 253 cm³/mol. The molecule has 2 fully saturated rings. The number of anilines is 3. The topological polar surface area (TPSA) is 3.24 Å². The zero-order valence-corrected chi connectivity index (χ0v) is 35.0. The molecule has 0 heterocycles. The van der Waals surface area contributed by atoms with Crippen LogP contribution in [-0.2, 0) is 10.8 Å². The molecule has 0 aromatic heterocycles. The van der Waals surface area contributed by atoms with Gasteiger partial charge in [-0.05, 0) is 141 Å². The maximum Gasteiger partial charge on any atom is 0.0543 e. The first-order chi connectivity index (χ1) is 29.4. The standard InChI is InChI=1S/C59H51N/c1-38-34-39-32-33-59(42(35-38)36-39)51-26-11-7-20-45(51)46-31-30-43(37-53(46)59)60(55-29-15-27-52-57(55)49-22-8-10-25-50(49)58(52,2)3)54-28-12-9-21-47(54)48-24-14-19-41-18-13-23-44(56(41)48)40-16-5-4-6-17-40/h4-31,37-39,42H,32-36H2,1-3H3. The van der Waals surface area contributed by atoms with Crippen LogP contribution in [0.3, 0.4) is 0 Å². The van der Waals surface area contributed by atoms with Crippen LogP contribution >= 0.6 is 0 Å². The molecule has 1 spiro atoms. The van der Waals surface area contributed by atoms with Gasteiger partial charge in [-0.25, -0.2) is 0 Å². The van der Waals surface area contributed by atoms with Gasteiger partial charge in [0.2, 0.25) is 0 Å². The third kappa shape index (κ3) is 5.11. The fraction of sp³-hybridized carbons (Fsp3) is 0.220. The van der Waals surface area contributed by atoms with Crippen molar-refractivity contribution in [2.75, 3.05) is 4.90 Å². The first-order valence-electron chi connectivity index (χ1n) is 22.4. The maximum absolute atomic E-state index is 2.65. The summed E-state index contributed by atoms with van der Waals surface area (Å²) < 4.78 is 0. The smallest absolute Gasteiger partial charge is 0.0543 e. The van der Waals surface area contributed by atoms with E-state index in [4.69, 9.17) is 0 Å². The van der Waals surface area contributed by atoms with E-state index in [0.29, 0.717) is 5.92 Å². The molecule has 0 saturated heterocycles. The Morgan fingerprint density at radius 2 is 1.12 bits per heavy atom. The van der Waals surface area contributed by atoms with Crippen molar-refractivity contribution in [3.05, 3.63) is 198 Å². The summed E-state index contributed by atoms with van der Waals surface area (Å²) in [6.45, 7) is 7.32. The van der Waals surface area contributed by atoms with Crippen molar-refractivity contribution in [3.8, 4) is 44.5 Å². The highest BCUT2D eigenvalue weighted by atomic mass is 15.1. The van der Waals surface area contributed by atoms with Crippen LogP contribution in [0.1, 0.15) is 75.1 Å². The average molecular weight is 774 g/mol. The lowest BCUT2D eigenvalue weighted by Gasteiger charge is -2.50. The van der Waals surface area contributed by atoms with Crippen LogP contribution in [0, 0.1) is 17.8 Å². The Hall–Kier alpha value is -6.18. The van der Waals surface area contributed by atoms with Gasteiger partial charge in [0.25, 0.3) is 0 Å². The summed E-state index contributed by atoms with van der Waals surface area (Å²) in [6.07, 6.45) is 6.60. The van der Waals surface area contributed by atoms with Gasteiger partial charge in [0.05, 0.1) is 11.4 Å². The van der Waals surface area contributed by atoms with Crippen LogP contribution in [0.15, 0.2) is 176 Å². The Bertz CT molecular complexity index is 2980. The maximum atomic E-state index is 2.65. The highest BCUT2D eigenvalue weighted by Crippen LogP contribution is 2.64. The Morgan fingerprint density at radius 3 is 1.95 bits per heavy atom. The van der Waals surface area contributed by atoms with E-state index in [1.807, 2.05) is 0 Å². The van der Waals surface area contributed by atoms with Crippen LogP contribution in [-0.4, -0.2) is 0 Å². The van der Waals surface area contributed by atoms with Crippen LogP contribution in [0.2, 0.25) is 0 Å². The summed E-state index contributed by atoms with van der Waals surface area (Å²) in [5.74, 6) is 2.27. The summed E-state index contributed by atoms with van der Waals surface area (Å²) in [7, 11) is 0. The van der Waals surface area contributed by atoms with E-state index in [9.17, 15) is 0 Å². The van der Waals surface area contributed by atoms with Crippen LogP contribution < -0.4 is 4.90 Å². The third-order valence-corrected chi connectivity index (χ3v) is 15.4. The second-order valence-corrected chi connectivity index (χ2v) is 19.0. The normalized spacial score (nSPS) is 21.6. The van der Waals surface area contributed by atoms with E-state index in [-0.39, 0.29) is 10.8 Å². The largest absolute Gasteiger partial charge is 0.309 e. The van der Waals surface area contributed by atoms with Crippen molar-refractivity contribution >= 4 is 27.8 Å². The molecule has 8 aromatic carbocycles. The Kier molecular flexibility index (Phi) is 7.99. The number of hydrogen-bond donors (Lipinski definition) is 0. The molecule has 8 aromatic rings. The van der Waals surface area contributed by atoms with E-state index in [2.05, 4.69) is 202 Å². The van der Waals surface area contributed by atoms with Gasteiger partial charge in [-0.1, -0.05) is 172 Å². The highest BCUT2D eigenvalue weighted by Gasteiger charge is 2.53. The van der Waals surface area contributed by atoms with Crippen LogP contribution in [0.25, 0.3) is 55.3 Å². The van der Waals surface area contributed by atoms with Crippen LogP contribution in [0.4, 0.5) is 17.1 Å². The lowest BCUT2D eigenvalue weighted by molar-refractivity contribution is 0.0856. The molecule has 60 heavy (non-hydrogen) atoms. The SMILES string of the molecule is CC1CC2CCC3(c4ccccc4-c4ccc(N(c5ccccc5-c5cccc6cccc(-c7ccccc7)c56)c5cccc6c5-c5ccccc5C6(C)C)cc43)C(C1)C2. The Morgan fingerprint density at radius 1 is 0.483 bits per heavy atom. The van der Waals surface area contributed by atoms with Gasteiger partial charge in [0, 0.05) is 27.6 Å². The molecule has 2 saturated carbocycles. The molecule has 12 rings (SSSR count). The Balaban J connectivity index is 1.14. The van der Waals surface area contributed by atoms with E-state index in [1.165, 1.54) is 116 Å². The fourth-order valence-electron chi connectivity index (χ4n) is 12.9. The van der Waals surface area contributed by atoms with Gasteiger partial charge in [0.1, 0.15) is 0 Å². The van der Waals surface area contributed by atoms with Gasteiger partial charge in [0.15, 0.2) is 0 Å². The quantitative estimate of drug-likeness (QED) is 0.168. The second-order valence-electron chi connectivity index (χ2n) is 19.0. The van der Waals surface area contributed by atoms with Gasteiger partial charge < -0.3 is 4.90 Å². The summed E-state index contributed by atoms with van der Waals surface area (Å²) in [5, 5.41) is 2.54. The molecule has 0 amide bonds. The zero-order chi connectivity index (χ0) is 40.2. The van der Waals surface area contributed by atoms with Crippen molar-refractivity contribution in [2.24, 2.45) is 17.8 Å². The predicted octanol–water partition coefficient (Wildman–Crippen LogP) is 16.1. The molecule has 2 bridgehead atoms. The van der Waals surface area contributed by atoms with Crippen molar-refractivity contribution in [2.45, 2.75) is 63.7 Å². The first-order valence-corrected chi connectivity index (χ1v) is 22.4. The molecule has 0 N–H and O–H groups in total. The molecule has 0 aliphatic heterocycles. The van der Waals surface area contributed by atoms with Crippen molar-refractivity contribution in [3.63, 3.8) is 0 Å². The van der Waals surface area contributed by atoms with Crippen LogP contribution in [0.5, 0.6) is 0 Å². The molecule has 4 aliphatic rings. The van der Waals surface area contributed by atoms with Gasteiger partial charge >= 0.3 is 0 Å². The fourth-order valence-corrected chi connectivity index (χ4v) is 12.9. The zero-order valence-electron chi connectivity index (χ0n) is 35.0. The number of para-hydroxylation sites is 1. The minimum absolute atomic E-state index is 0.0335. The lowest BCUT2D eigenvalue weighted by Crippen LogP contribution is -2.44. The molecule has 4 atom stereocenters. The molecule has 292 valence electrons. The van der Waals surface area contributed by atoms with Gasteiger partial charge in [-0.3, -0.25) is 0 Å². The number of nitrogens with zero attached hydrogens (tertiary/aromatic N) is 1. The molecule has 4 unspecified atom stereocenters. The molecule has 1 heteroatoms. The Labute approximate surface area is 355 Å². The first kappa shape index (κ1) is 35.7. The van der Waals surface area contributed by atoms with Crippen molar-refractivity contribution in [1.29, 1.82) is 0 Å². The molecule has 0 radical (unpaired) electrons. The number of rotatable bonds is 5. The number of benzene rings is 8. The van der Waals surface area contributed by atoms with E-state index < -0.39 is 0 Å². The summed E-state index contributed by atoms with van der Waals surface area (Å²) in [5.41, 5.74) is 20.0. The van der Waals surface area contributed by atoms with E-state index in [0.717, 1.165) is 11.8 Å². The molecular weight excluding hydrogens is 723 g/mol. The summed E-state index contributed by atoms with van der Waals surface area (Å²) in [6, 6.07) is 66.9. The summed E-state index contributed by atoms with van der Waals surface area (Å²) in [4.78, 5) is 2.64. The van der Waals surface area contributed by atoms with Crippen molar-refractivity contribution < 1.29 is 0 Å². The van der Waals surface area contributed by atoms with Gasteiger partial charge in [-0.2, -0.15) is 0 Å². The monoisotopic (exact) mass is 773 g/mol. The minimum atomic E-state index is -0.118. The number of fused-ring (bicyclic) bond motifs is 12. The van der Waals surface area contributed by atoms with E-state index in [1.54, 1.807) is 11.1 Å². The average Bonchev–Trinajstić information content (AvgIpc) is 3.70. The number of hydrogen-bond acceptors (Lipinski definition) is 1. The third-order valence-electron chi connectivity index (χ3n) is 15.4. The van der Waals surface area contributed by atoms with E-state index >= 15 is 0 Å². The highest BCUT2D eigenvalue weighted by molar-refractivity contribution is 6.09. The second kappa shape index (κ2) is 13.4. The van der Waals surface area contributed by atoms with Crippen molar-refractivity contribution in [1.82, 2.24) is 0 Å². The molecular formula is C59H51N. The van der Waals surface area contributed by atoms with Gasteiger partial charge in [-0.15, -0.1) is 0 Å². The lowest BCUT2D eigenvalue weighted by atomic mass is 9.53.